The number of hydrogen-bond donors (Lipinski definition) is 1. The largest absolute Gasteiger partial charge is 0.744 e. The summed E-state index contributed by atoms with van der Waals surface area (Å²) in [4.78, 5) is -0.185. The van der Waals surface area contributed by atoms with Gasteiger partial charge in [-0.25, -0.2) is 8.42 Å². The second kappa shape index (κ2) is 6.70. The van der Waals surface area contributed by atoms with E-state index in [1.807, 2.05) is 0 Å². The van der Waals surface area contributed by atoms with Gasteiger partial charge in [0.25, 0.3) is 0 Å². The molecule has 0 saturated heterocycles. The van der Waals surface area contributed by atoms with Gasteiger partial charge < -0.3 is 14.1 Å². The Morgan fingerprint density at radius 1 is 1.18 bits per heavy atom. The third-order valence-electron chi connectivity index (χ3n) is 1.80. The fraction of sp³-hybridized carbons (Fsp3) is 0.455. The minimum Gasteiger partial charge on any atom is -0.744 e. The van der Waals surface area contributed by atoms with Gasteiger partial charge in [-0.3, -0.25) is 0 Å². The average molecular weight is 261 g/mol. The molecule has 6 heteroatoms. The van der Waals surface area contributed by atoms with E-state index < -0.39 is 10.1 Å². The Hall–Kier alpha value is -0.950. The van der Waals surface area contributed by atoms with Crippen molar-refractivity contribution in [2.45, 2.75) is 4.90 Å². The first-order chi connectivity index (χ1) is 7.67. The van der Waals surface area contributed by atoms with Crippen molar-refractivity contribution in [2.24, 2.45) is 0 Å². The van der Waals surface area contributed by atoms with E-state index in [9.17, 15) is 13.0 Å². The lowest BCUT2D eigenvalue weighted by Crippen LogP contribution is -2.36. The first-order valence-electron chi connectivity index (χ1n) is 5.09. The van der Waals surface area contributed by atoms with Gasteiger partial charge in [-0.15, -0.1) is 0 Å². The molecule has 0 bridgehead atoms. The van der Waals surface area contributed by atoms with Crippen LogP contribution in [-0.4, -0.2) is 56.9 Å². The van der Waals surface area contributed by atoms with Crippen molar-refractivity contribution >= 4 is 10.1 Å². The fourth-order valence-corrected chi connectivity index (χ4v) is 1.38. The molecule has 0 unspecified atom stereocenters. The lowest BCUT2D eigenvalue weighted by molar-refractivity contribution is -0.870. The molecule has 0 radical (unpaired) electrons. The normalized spacial score (nSPS) is 11.6. The van der Waals surface area contributed by atoms with E-state index in [1.165, 1.54) is 24.3 Å². The second-order valence-corrected chi connectivity index (χ2v) is 5.88. The van der Waals surface area contributed by atoms with Crippen LogP contribution in [0.15, 0.2) is 35.2 Å². The van der Waals surface area contributed by atoms with Gasteiger partial charge in [0.1, 0.15) is 16.7 Å². The minimum absolute atomic E-state index is 0.185. The first kappa shape index (κ1) is 16.1. The summed E-state index contributed by atoms with van der Waals surface area (Å²) >= 11 is 0. The zero-order chi connectivity index (χ0) is 13.5. The zero-order valence-electron chi connectivity index (χ0n) is 10.3. The number of benzene rings is 1. The van der Waals surface area contributed by atoms with Crippen molar-refractivity contribution in [3.8, 4) is 0 Å². The molecule has 0 aromatic heterocycles. The highest BCUT2D eigenvalue weighted by Gasteiger charge is 2.02. The molecule has 0 atom stereocenters. The Labute approximate surface area is 103 Å². The van der Waals surface area contributed by atoms with Crippen LogP contribution in [0.5, 0.6) is 0 Å². The van der Waals surface area contributed by atoms with E-state index in [1.54, 1.807) is 6.07 Å². The van der Waals surface area contributed by atoms with Crippen LogP contribution in [0, 0.1) is 0 Å². The lowest BCUT2D eigenvalue weighted by Gasteiger charge is -2.21. The fourth-order valence-electron chi connectivity index (χ4n) is 0.887. The van der Waals surface area contributed by atoms with Gasteiger partial charge in [-0.2, -0.15) is 0 Å². The Bertz CT molecular complexity index is 409. The molecular weight excluding hydrogens is 242 g/mol. The molecule has 98 valence electrons. The minimum atomic E-state index is -4.25. The summed E-state index contributed by atoms with van der Waals surface area (Å²) in [5.74, 6) is 0. The summed E-state index contributed by atoms with van der Waals surface area (Å²) < 4.78 is 31.7. The van der Waals surface area contributed by atoms with Gasteiger partial charge >= 0.3 is 0 Å². The van der Waals surface area contributed by atoms with Crippen molar-refractivity contribution < 1.29 is 22.6 Å². The molecule has 1 N–H and O–H groups in total. The van der Waals surface area contributed by atoms with Crippen LogP contribution >= 0.6 is 0 Å². The molecule has 0 fully saturated rings. The quantitative estimate of drug-likeness (QED) is 0.626. The number of quaternary nitrogens is 1. The number of aliphatic hydroxyl groups is 1. The van der Waals surface area contributed by atoms with Gasteiger partial charge in [0.15, 0.2) is 0 Å². The van der Waals surface area contributed by atoms with Gasteiger partial charge in [0, 0.05) is 0 Å². The first-order valence-corrected chi connectivity index (χ1v) is 6.50. The van der Waals surface area contributed by atoms with Gasteiger partial charge in [0.2, 0.25) is 0 Å². The van der Waals surface area contributed by atoms with Crippen LogP contribution in [0.2, 0.25) is 0 Å². The number of aliphatic hydroxyl groups excluding tert-OH is 1. The Balaban J connectivity index is 0.000000325. The molecular formula is C11H19NO4S. The summed E-state index contributed by atoms with van der Waals surface area (Å²) in [7, 11) is 1.90. The highest BCUT2D eigenvalue weighted by molar-refractivity contribution is 7.85. The van der Waals surface area contributed by atoms with E-state index in [2.05, 4.69) is 21.1 Å². The van der Waals surface area contributed by atoms with Crippen LogP contribution in [0.3, 0.4) is 0 Å². The van der Waals surface area contributed by atoms with Crippen molar-refractivity contribution in [1.29, 1.82) is 0 Å². The number of rotatable bonds is 3. The molecule has 1 aromatic carbocycles. The van der Waals surface area contributed by atoms with Gasteiger partial charge in [-0.1, -0.05) is 18.2 Å². The Kier molecular flexibility index (Phi) is 6.33. The molecule has 0 spiro atoms. The highest BCUT2D eigenvalue weighted by Crippen LogP contribution is 2.04. The number of nitrogens with zero attached hydrogens (tertiary/aromatic N) is 1. The zero-order valence-corrected chi connectivity index (χ0v) is 11.1. The van der Waals surface area contributed by atoms with Gasteiger partial charge in [-0.05, 0) is 12.1 Å². The molecule has 0 saturated carbocycles. The maximum atomic E-state index is 10.3. The van der Waals surface area contributed by atoms with Crippen molar-refractivity contribution in [1.82, 2.24) is 0 Å². The lowest BCUT2D eigenvalue weighted by atomic mass is 10.4. The highest BCUT2D eigenvalue weighted by atomic mass is 32.2. The summed E-state index contributed by atoms with van der Waals surface area (Å²) in [5.41, 5.74) is 0. The van der Waals surface area contributed by atoms with E-state index in [4.69, 9.17) is 5.11 Å². The van der Waals surface area contributed by atoms with Gasteiger partial charge in [0.05, 0.1) is 32.6 Å². The number of hydrogen-bond acceptors (Lipinski definition) is 4. The third kappa shape index (κ3) is 8.82. The monoisotopic (exact) mass is 261 g/mol. The summed E-state index contributed by atoms with van der Waals surface area (Å²) in [6.07, 6.45) is 0. The molecule has 0 aliphatic rings. The average Bonchev–Trinajstić information content (AvgIpc) is 2.17. The summed E-state index contributed by atoms with van der Waals surface area (Å²) in [6, 6.07) is 7.19. The predicted octanol–water partition coefficient (Wildman–Crippen LogP) is 0.276. The molecule has 0 heterocycles. The second-order valence-electron chi connectivity index (χ2n) is 4.50. The van der Waals surface area contributed by atoms with E-state index in [0.717, 1.165) is 11.0 Å². The predicted molar refractivity (Wildman–Crippen MR) is 64.4 cm³/mol. The summed E-state index contributed by atoms with van der Waals surface area (Å²) in [5, 5.41) is 8.39. The summed E-state index contributed by atoms with van der Waals surface area (Å²) in [6.45, 7) is 1.11. The van der Waals surface area contributed by atoms with Crippen molar-refractivity contribution in [2.75, 3.05) is 34.3 Å². The Morgan fingerprint density at radius 3 is 1.82 bits per heavy atom. The standard InChI is InChI=1S/C6H6O3S.C5H14NO/c7-10(8,9)6-4-2-1-3-5-6;1-6(2,3)4-5-7/h1-5H,(H,7,8,9);7H,4-5H2,1-3H3/q;+1/p-1. The molecule has 1 aromatic rings. The molecule has 5 nitrogen and oxygen atoms in total. The molecule has 17 heavy (non-hydrogen) atoms. The van der Waals surface area contributed by atoms with Crippen LogP contribution < -0.4 is 0 Å². The third-order valence-corrected chi connectivity index (χ3v) is 2.65. The molecule has 0 aliphatic carbocycles. The van der Waals surface area contributed by atoms with E-state index >= 15 is 0 Å². The maximum Gasteiger partial charge on any atom is 0.124 e. The van der Waals surface area contributed by atoms with Crippen LogP contribution in [0.25, 0.3) is 0 Å². The smallest absolute Gasteiger partial charge is 0.124 e. The van der Waals surface area contributed by atoms with Crippen molar-refractivity contribution in [3.05, 3.63) is 30.3 Å². The maximum absolute atomic E-state index is 10.3. The van der Waals surface area contributed by atoms with Crippen molar-refractivity contribution in [3.63, 3.8) is 0 Å². The van der Waals surface area contributed by atoms with Crippen LogP contribution in [-0.2, 0) is 10.1 Å². The molecule has 1 rings (SSSR count). The van der Waals surface area contributed by atoms with Crippen LogP contribution in [0.4, 0.5) is 0 Å². The topological polar surface area (TPSA) is 77.4 Å². The van der Waals surface area contributed by atoms with E-state index in [-0.39, 0.29) is 11.5 Å². The SMILES string of the molecule is C[N+](C)(C)CCO.O=S(=O)([O-])c1ccccc1. The van der Waals surface area contributed by atoms with E-state index in [0.29, 0.717) is 0 Å². The molecule has 0 aliphatic heterocycles. The Morgan fingerprint density at radius 2 is 1.65 bits per heavy atom. The molecule has 0 amide bonds. The number of likely N-dealkylation sites (N-methyl/N-ethyl adjacent to an activating group) is 1. The van der Waals surface area contributed by atoms with Crippen LogP contribution in [0.1, 0.15) is 0 Å².